The number of anilines is 2. The van der Waals surface area contributed by atoms with Crippen LogP contribution in [0.4, 0.5) is 17.2 Å². The number of nitrogens with zero attached hydrogens (tertiary/aromatic N) is 5. The van der Waals surface area contributed by atoms with Gasteiger partial charge in [-0.2, -0.15) is 10.1 Å². The van der Waals surface area contributed by atoms with Crippen molar-refractivity contribution in [2.24, 2.45) is 4.99 Å². The number of guanidine groups is 1. The first kappa shape index (κ1) is 21.6. The van der Waals surface area contributed by atoms with Gasteiger partial charge in [0.2, 0.25) is 5.96 Å². The molecule has 0 N–H and O–H groups in total. The molecule has 4 aromatic carbocycles. The summed E-state index contributed by atoms with van der Waals surface area (Å²) in [5.74, 6) is 1.83. The lowest BCUT2D eigenvalue weighted by Crippen LogP contribution is -2.42. The fourth-order valence-corrected chi connectivity index (χ4v) is 5.52. The van der Waals surface area contributed by atoms with Crippen LogP contribution >= 0.6 is 0 Å². The van der Waals surface area contributed by atoms with E-state index in [1.807, 2.05) is 22.9 Å². The first-order valence-corrected chi connectivity index (χ1v) is 12.7. The van der Waals surface area contributed by atoms with Gasteiger partial charge in [0.25, 0.3) is 0 Å². The summed E-state index contributed by atoms with van der Waals surface area (Å²) in [6.45, 7) is 4.97. The van der Waals surface area contributed by atoms with Gasteiger partial charge in [-0.3, -0.25) is 4.90 Å². The summed E-state index contributed by atoms with van der Waals surface area (Å²) in [4.78, 5) is 10.1. The van der Waals surface area contributed by atoms with Crippen LogP contribution in [0.3, 0.4) is 0 Å². The normalized spacial score (nSPS) is 15.7. The molecule has 2 aliphatic heterocycles. The van der Waals surface area contributed by atoms with Gasteiger partial charge in [-0.25, -0.2) is 4.68 Å². The van der Waals surface area contributed by atoms with Crippen molar-refractivity contribution in [3.8, 4) is 5.69 Å². The predicted octanol–water partition coefficient (Wildman–Crippen LogP) is 7.11. The molecular weight excluding hydrogens is 454 g/mol. The van der Waals surface area contributed by atoms with E-state index in [9.17, 15) is 0 Å². The SMILES string of the molecule is Cc1ccc([C@H]2c3c(C)nn(-c4ccccc4)c3N=C3N(Cc4ccccc4)c4ccccc4N32)cc1. The molecule has 0 saturated carbocycles. The molecule has 7 rings (SSSR count). The van der Waals surface area contributed by atoms with E-state index < -0.39 is 0 Å². The van der Waals surface area contributed by atoms with Crippen LogP contribution in [0, 0.1) is 13.8 Å². The molecule has 37 heavy (non-hydrogen) atoms. The Morgan fingerprint density at radius 3 is 2.08 bits per heavy atom. The van der Waals surface area contributed by atoms with Gasteiger partial charge in [0.15, 0.2) is 5.82 Å². The molecular formula is C32H27N5. The molecule has 5 heteroatoms. The third-order valence-electron chi connectivity index (χ3n) is 7.29. The number of rotatable bonds is 4. The van der Waals surface area contributed by atoms with Gasteiger partial charge in [0.05, 0.1) is 35.3 Å². The molecule has 0 spiro atoms. The van der Waals surface area contributed by atoms with Gasteiger partial charge in [-0.1, -0.05) is 90.5 Å². The first-order valence-electron chi connectivity index (χ1n) is 12.7. The summed E-state index contributed by atoms with van der Waals surface area (Å²) in [6.07, 6.45) is 0. The van der Waals surface area contributed by atoms with Crippen molar-refractivity contribution in [1.82, 2.24) is 9.78 Å². The highest BCUT2D eigenvalue weighted by molar-refractivity contribution is 6.18. The van der Waals surface area contributed by atoms with E-state index in [1.165, 1.54) is 28.1 Å². The molecule has 1 atom stereocenters. The Kier molecular flexibility index (Phi) is 4.96. The van der Waals surface area contributed by atoms with Crippen molar-refractivity contribution < 1.29 is 0 Å². The van der Waals surface area contributed by atoms with E-state index in [2.05, 4.69) is 115 Å². The number of aromatic nitrogens is 2. The second-order valence-corrected chi connectivity index (χ2v) is 9.73. The maximum atomic E-state index is 5.36. The lowest BCUT2D eigenvalue weighted by atomic mass is 9.94. The third kappa shape index (κ3) is 3.46. The smallest absolute Gasteiger partial charge is 0.213 e. The topological polar surface area (TPSA) is 36.7 Å². The highest BCUT2D eigenvalue weighted by Gasteiger charge is 2.44. The van der Waals surface area contributed by atoms with E-state index in [0.29, 0.717) is 0 Å². The summed E-state index contributed by atoms with van der Waals surface area (Å²) in [6, 6.07) is 38.4. The minimum Gasteiger partial charge on any atom is -0.305 e. The number of hydrogen-bond donors (Lipinski definition) is 0. The van der Waals surface area contributed by atoms with E-state index in [4.69, 9.17) is 10.1 Å². The van der Waals surface area contributed by atoms with Crippen molar-refractivity contribution in [3.05, 3.63) is 137 Å². The monoisotopic (exact) mass is 481 g/mol. The number of benzene rings is 4. The number of para-hydroxylation sites is 3. The molecule has 5 nitrogen and oxygen atoms in total. The minimum atomic E-state index is -0.0394. The molecule has 180 valence electrons. The van der Waals surface area contributed by atoms with Crippen LogP contribution in [0.2, 0.25) is 0 Å². The minimum absolute atomic E-state index is 0.0394. The zero-order valence-corrected chi connectivity index (χ0v) is 20.9. The Morgan fingerprint density at radius 2 is 1.35 bits per heavy atom. The average molecular weight is 482 g/mol. The summed E-state index contributed by atoms with van der Waals surface area (Å²) in [5.41, 5.74) is 9.21. The molecule has 1 aromatic heterocycles. The summed E-state index contributed by atoms with van der Waals surface area (Å²) >= 11 is 0. The zero-order valence-electron chi connectivity index (χ0n) is 20.9. The Morgan fingerprint density at radius 1 is 0.703 bits per heavy atom. The van der Waals surface area contributed by atoms with E-state index >= 15 is 0 Å². The second kappa shape index (κ2) is 8.49. The lowest BCUT2D eigenvalue weighted by molar-refractivity contribution is 0.810. The van der Waals surface area contributed by atoms with Gasteiger partial charge < -0.3 is 4.90 Å². The highest BCUT2D eigenvalue weighted by atomic mass is 15.5. The van der Waals surface area contributed by atoms with Crippen molar-refractivity contribution in [3.63, 3.8) is 0 Å². The van der Waals surface area contributed by atoms with Crippen LogP contribution in [0.1, 0.15) is 34.0 Å². The van der Waals surface area contributed by atoms with Gasteiger partial charge in [-0.15, -0.1) is 0 Å². The van der Waals surface area contributed by atoms with Gasteiger partial charge >= 0.3 is 0 Å². The Hall–Kier alpha value is -4.64. The molecule has 0 radical (unpaired) electrons. The van der Waals surface area contributed by atoms with E-state index in [0.717, 1.165) is 35.3 Å². The van der Waals surface area contributed by atoms with Crippen LogP contribution < -0.4 is 9.80 Å². The van der Waals surface area contributed by atoms with Gasteiger partial charge in [-0.05, 0) is 49.2 Å². The van der Waals surface area contributed by atoms with Crippen LogP contribution in [0.25, 0.3) is 5.69 Å². The number of aliphatic imine (C=N–C) groups is 1. The Balaban J connectivity index is 1.48. The predicted molar refractivity (Wildman–Crippen MR) is 150 cm³/mol. The van der Waals surface area contributed by atoms with Crippen molar-refractivity contribution >= 4 is 23.2 Å². The highest BCUT2D eigenvalue weighted by Crippen LogP contribution is 2.50. The fraction of sp³-hybridized carbons (Fsp3) is 0.125. The van der Waals surface area contributed by atoms with Gasteiger partial charge in [0, 0.05) is 5.56 Å². The molecule has 0 saturated heterocycles. The maximum Gasteiger partial charge on any atom is 0.213 e. The van der Waals surface area contributed by atoms with E-state index in [-0.39, 0.29) is 6.04 Å². The van der Waals surface area contributed by atoms with Crippen LogP contribution in [-0.2, 0) is 6.54 Å². The molecule has 0 bridgehead atoms. The van der Waals surface area contributed by atoms with E-state index in [1.54, 1.807) is 0 Å². The summed E-state index contributed by atoms with van der Waals surface area (Å²) in [7, 11) is 0. The van der Waals surface area contributed by atoms with Crippen LogP contribution in [0.5, 0.6) is 0 Å². The molecule has 0 amide bonds. The molecule has 2 aliphatic rings. The van der Waals surface area contributed by atoms with Crippen molar-refractivity contribution in [2.75, 3.05) is 9.80 Å². The number of hydrogen-bond acceptors (Lipinski definition) is 4. The van der Waals surface area contributed by atoms with Crippen molar-refractivity contribution in [1.29, 1.82) is 0 Å². The molecule has 0 fully saturated rings. The fourth-order valence-electron chi connectivity index (χ4n) is 5.52. The largest absolute Gasteiger partial charge is 0.305 e. The lowest BCUT2D eigenvalue weighted by Gasteiger charge is -2.35. The average Bonchev–Trinajstić information content (AvgIpc) is 3.44. The quantitative estimate of drug-likeness (QED) is 0.275. The third-order valence-corrected chi connectivity index (χ3v) is 7.29. The van der Waals surface area contributed by atoms with Crippen molar-refractivity contribution in [2.45, 2.75) is 26.4 Å². The molecule has 0 aliphatic carbocycles. The molecule has 5 aromatic rings. The summed E-state index contributed by atoms with van der Waals surface area (Å²) < 4.78 is 2.00. The van der Waals surface area contributed by atoms with Crippen LogP contribution in [-0.4, -0.2) is 15.7 Å². The second-order valence-electron chi connectivity index (χ2n) is 9.73. The number of aryl methyl sites for hydroxylation is 2. The van der Waals surface area contributed by atoms with Crippen LogP contribution in [0.15, 0.2) is 114 Å². The zero-order chi connectivity index (χ0) is 24.9. The first-order chi connectivity index (χ1) is 18.2. The number of fused-ring (bicyclic) bond motifs is 4. The maximum absolute atomic E-state index is 5.36. The molecule has 3 heterocycles. The standard InChI is InChI=1S/C32H27N5/c1-22-17-19-25(20-18-22)30-29-23(2)34-37(26-13-7-4-8-14-26)31(29)33-32-35(21-24-11-5-3-6-12-24)27-15-9-10-16-28(27)36(30)32/h3-20,30H,21H2,1-2H3/t30-/m0/s1. The Labute approximate surface area is 216 Å². The molecule has 0 unspecified atom stereocenters. The Bertz CT molecular complexity index is 1620. The summed E-state index contributed by atoms with van der Waals surface area (Å²) in [5, 5.41) is 5.01. The van der Waals surface area contributed by atoms with Gasteiger partial charge in [0.1, 0.15) is 0 Å².